The standard InChI is InChI=1S/C14H11F5N2/c1-7-2-3-8(14(17,18)19)4-11(7)21-12-6-9(15)5-10(16)13(12)20/h2-6,21H,20H2,1H3. The molecule has 3 N–H and O–H groups in total. The first kappa shape index (κ1) is 15.1. The maximum absolute atomic E-state index is 13.3. The van der Waals surface area contributed by atoms with Crippen molar-refractivity contribution >= 4 is 17.1 Å². The summed E-state index contributed by atoms with van der Waals surface area (Å²) in [5.74, 6) is -1.86. The lowest BCUT2D eigenvalue weighted by molar-refractivity contribution is -0.137. The van der Waals surface area contributed by atoms with Crippen LogP contribution in [0.1, 0.15) is 11.1 Å². The average molecular weight is 302 g/mol. The molecule has 21 heavy (non-hydrogen) atoms. The first-order valence-electron chi connectivity index (χ1n) is 5.88. The smallest absolute Gasteiger partial charge is 0.395 e. The minimum atomic E-state index is -4.51. The summed E-state index contributed by atoms with van der Waals surface area (Å²) >= 11 is 0. The molecule has 0 heterocycles. The summed E-state index contributed by atoms with van der Waals surface area (Å²) in [6.07, 6.45) is -4.51. The summed E-state index contributed by atoms with van der Waals surface area (Å²) < 4.78 is 64.5. The number of alkyl halides is 3. The van der Waals surface area contributed by atoms with Crippen molar-refractivity contribution in [2.75, 3.05) is 11.1 Å². The number of anilines is 3. The molecular weight excluding hydrogens is 291 g/mol. The Hall–Kier alpha value is -2.31. The molecule has 7 heteroatoms. The minimum absolute atomic E-state index is 0.0709. The quantitative estimate of drug-likeness (QED) is 0.627. The van der Waals surface area contributed by atoms with Gasteiger partial charge in [-0.2, -0.15) is 13.2 Å². The van der Waals surface area contributed by atoms with Gasteiger partial charge in [-0.15, -0.1) is 0 Å². The van der Waals surface area contributed by atoms with E-state index in [1.165, 1.54) is 6.07 Å². The molecule has 0 aliphatic carbocycles. The molecule has 0 unspecified atom stereocenters. The molecule has 2 aromatic rings. The molecule has 0 aromatic heterocycles. The maximum Gasteiger partial charge on any atom is 0.416 e. The third kappa shape index (κ3) is 3.24. The molecule has 112 valence electrons. The van der Waals surface area contributed by atoms with Gasteiger partial charge in [0, 0.05) is 11.8 Å². The van der Waals surface area contributed by atoms with Gasteiger partial charge in [0.1, 0.15) is 5.82 Å². The van der Waals surface area contributed by atoms with Gasteiger partial charge in [0.2, 0.25) is 0 Å². The number of aryl methyl sites for hydroxylation is 1. The molecule has 2 aromatic carbocycles. The van der Waals surface area contributed by atoms with E-state index in [1.807, 2.05) is 0 Å². The number of hydrogen-bond acceptors (Lipinski definition) is 2. The van der Waals surface area contributed by atoms with Crippen molar-refractivity contribution in [3.8, 4) is 0 Å². The van der Waals surface area contributed by atoms with Gasteiger partial charge in [0.15, 0.2) is 5.82 Å². The van der Waals surface area contributed by atoms with Gasteiger partial charge < -0.3 is 11.1 Å². The molecule has 0 atom stereocenters. The lowest BCUT2D eigenvalue weighted by Crippen LogP contribution is -2.07. The largest absolute Gasteiger partial charge is 0.416 e. The molecule has 0 saturated carbocycles. The Kier molecular flexibility index (Phi) is 3.76. The summed E-state index contributed by atoms with van der Waals surface area (Å²) in [4.78, 5) is 0. The van der Waals surface area contributed by atoms with Crippen LogP contribution in [0.25, 0.3) is 0 Å². The van der Waals surface area contributed by atoms with Crippen molar-refractivity contribution in [1.29, 1.82) is 0 Å². The summed E-state index contributed by atoms with van der Waals surface area (Å²) in [7, 11) is 0. The zero-order chi connectivity index (χ0) is 15.8. The lowest BCUT2D eigenvalue weighted by atomic mass is 10.1. The van der Waals surface area contributed by atoms with E-state index in [0.717, 1.165) is 18.2 Å². The number of nitrogens with two attached hydrogens (primary N) is 1. The van der Waals surface area contributed by atoms with E-state index in [4.69, 9.17) is 5.73 Å². The minimum Gasteiger partial charge on any atom is -0.395 e. The van der Waals surface area contributed by atoms with Crippen molar-refractivity contribution in [2.24, 2.45) is 0 Å². The number of hydrogen-bond donors (Lipinski definition) is 2. The molecule has 0 bridgehead atoms. The molecule has 0 amide bonds. The van der Waals surface area contributed by atoms with E-state index >= 15 is 0 Å². The second-order valence-electron chi connectivity index (χ2n) is 4.50. The Morgan fingerprint density at radius 2 is 1.67 bits per heavy atom. The van der Waals surface area contributed by atoms with Gasteiger partial charge in [0.25, 0.3) is 0 Å². The van der Waals surface area contributed by atoms with Crippen molar-refractivity contribution in [3.63, 3.8) is 0 Å². The second kappa shape index (κ2) is 5.23. The zero-order valence-corrected chi connectivity index (χ0v) is 10.9. The SMILES string of the molecule is Cc1ccc(C(F)(F)F)cc1Nc1cc(F)cc(F)c1N. The summed E-state index contributed by atoms with van der Waals surface area (Å²) in [5, 5.41) is 2.53. The summed E-state index contributed by atoms with van der Waals surface area (Å²) in [6.45, 7) is 1.56. The van der Waals surface area contributed by atoms with Crippen molar-refractivity contribution < 1.29 is 22.0 Å². The summed E-state index contributed by atoms with van der Waals surface area (Å²) in [6, 6.07) is 4.56. The van der Waals surface area contributed by atoms with Crippen molar-refractivity contribution in [3.05, 3.63) is 53.1 Å². The highest BCUT2D eigenvalue weighted by atomic mass is 19.4. The van der Waals surface area contributed by atoms with Crippen LogP contribution in [0.3, 0.4) is 0 Å². The third-order valence-corrected chi connectivity index (χ3v) is 2.93. The van der Waals surface area contributed by atoms with Crippen LogP contribution < -0.4 is 11.1 Å². The van der Waals surface area contributed by atoms with Gasteiger partial charge in [-0.3, -0.25) is 0 Å². The fraction of sp³-hybridized carbons (Fsp3) is 0.143. The Morgan fingerprint density at radius 1 is 1.00 bits per heavy atom. The third-order valence-electron chi connectivity index (χ3n) is 2.93. The van der Waals surface area contributed by atoms with Crippen LogP contribution in [0.2, 0.25) is 0 Å². The Labute approximate surface area is 117 Å². The molecular formula is C14H11F5N2. The average Bonchev–Trinajstić information content (AvgIpc) is 2.36. The van der Waals surface area contributed by atoms with E-state index in [-0.39, 0.29) is 17.1 Å². The van der Waals surface area contributed by atoms with Gasteiger partial charge in [-0.1, -0.05) is 6.07 Å². The number of nitrogen functional groups attached to an aromatic ring is 1. The molecule has 0 spiro atoms. The van der Waals surface area contributed by atoms with Crippen LogP contribution in [-0.2, 0) is 6.18 Å². The fourth-order valence-corrected chi connectivity index (χ4v) is 1.77. The highest BCUT2D eigenvalue weighted by Gasteiger charge is 2.30. The highest BCUT2D eigenvalue weighted by molar-refractivity contribution is 5.74. The van der Waals surface area contributed by atoms with Crippen molar-refractivity contribution in [1.82, 2.24) is 0 Å². The topological polar surface area (TPSA) is 38.0 Å². The van der Waals surface area contributed by atoms with Crippen LogP contribution >= 0.6 is 0 Å². The second-order valence-corrected chi connectivity index (χ2v) is 4.50. The van der Waals surface area contributed by atoms with Gasteiger partial charge >= 0.3 is 6.18 Å². The van der Waals surface area contributed by atoms with Gasteiger partial charge in [0.05, 0.1) is 16.9 Å². The van der Waals surface area contributed by atoms with E-state index < -0.39 is 23.4 Å². The van der Waals surface area contributed by atoms with E-state index in [0.29, 0.717) is 11.6 Å². The number of nitrogens with one attached hydrogen (secondary N) is 1. The molecule has 0 aliphatic rings. The molecule has 0 radical (unpaired) electrons. The monoisotopic (exact) mass is 302 g/mol. The number of rotatable bonds is 2. The molecule has 2 rings (SSSR count). The molecule has 2 nitrogen and oxygen atoms in total. The molecule has 0 aliphatic heterocycles. The zero-order valence-electron chi connectivity index (χ0n) is 10.9. The first-order valence-corrected chi connectivity index (χ1v) is 5.88. The van der Waals surface area contributed by atoms with Crippen LogP contribution in [0.4, 0.5) is 39.0 Å². The van der Waals surface area contributed by atoms with E-state index in [9.17, 15) is 22.0 Å². The van der Waals surface area contributed by atoms with Crippen LogP contribution in [0, 0.1) is 18.6 Å². The number of benzene rings is 2. The molecule has 0 fully saturated rings. The predicted molar refractivity (Wildman–Crippen MR) is 70.2 cm³/mol. The summed E-state index contributed by atoms with van der Waals surface area (Å²) in [5.41, 5.74) is 4.63. The van der Waals surface area contributed by atoms with E-state index in [2.05, 4.69) is 5.32 Å². The van der Waals surface area contributed by atoms with E-state index in [1.54, 1.807) is 6.92 Å². The van der Waals surface area contributed by atoms with Crippen LogP contribution in [0.15, 0.2) is 30.3 Å². The van der Waals surface area contributed by atoms with Crippen LogP contribution in [0.5, 0.6) is 0 Å². The first-order chi connectivity index (χ1) is 9.68. The Morgan fingerprint density at radius 3 is 2.29 bits per heavy atom. The Bertz CT molecular complexity index is 680. The highest BCUT2D eigenvalue weighted by Crippen LogP contribution is 2.34. The maximum atomic E-state index is 13.3. The van der Waals surface area contributed by atoms with Gasteiger partial charge in [-0.25, -0.2) is 8.78 Å². The lowest BCUT2D eigenvalue weighted by Gasteiger charge is -2.15. The predicted octanol–water partition coefficient (Wildman–Crippen LogP) is 4.62. The van der Waals surface area contributed by atoms with Gasteiger partial charge in [-0.05, 0) is 30.7 Å². The van der Waals surface area contributed by atoms with Crippen LogP contribution in [-0.4, -0.2) is 0 Å². The normalized spacial score (nSPS) is 11.5. The van der Waals surface area contributed by atoms with Crippen molar-refractivity contribution in [2.45, 2.75) is 13.1 Å². The Balaban J connectivity index is 2.45. The number of halogens is 5. The fourth-order valence-electron chi connectivity index (χ4n) is 1.77. The molecule has 0 saturated heterocycles.